The number of fused-ring (bicyclic) bond motifs is 1. The van der Waals surface area contributed by atoms with Crippen LogP contribution in [-0.4, -0.2) is 35.4 Å². The number of hydrogen-bond donors (Lipinski definition) is 1. The Labute approximate surface area is 105 Å². The summed E-state index contributed by atoms with van der Waals surface area (Å²) in [6.45, 7) is 1.60. The van der Waals surface area contributed by atoms with Crippen molar-refractivity contribution in [1.29, 1.82) is 0 Å². The van der Waals surface area contributed by atoms with Crippen molar-refractivity contribution in [2.45, 2.75) is 25.4 Å². The largest absolute Gasteiger partial charge is 0.334 e. The van der Waals surface area contributed by atoms with E-state index in [9.17, 15) is 4.79 Å². The lowest BCUT2D eigenvalue weighted by Crippen LogP contribution is -2.44. The number of likely N-dealkylation sites (N-methyl/N-ethyl adjacent to an activating group) is 1. The molecule has 1 aromatic heterocycles. The molecule has 0 aromatic carbocycles. The van der Waals surface area contributed by atoms with Crippen LogP contribution in [0.1, 0.15) is 17.8 Å². The zero-order valence-electron chi connectivity index (χ0n) is 9.93. The van der Waals surface area contributed by atoms with Crippen LogP contribution in [0.2, 0.25) is 0 Å². The first kappa shape index (κ1) is 11.2. The number of nitrogens with one attached hydrogen (secondary N) is 1. The molecule has 17 heavy (non-hydrogen) atoms. The van der Waals surface area contributed by atoms with E-state index < -0.39 is 0 Å². The van der Waals surface area contributed by atoms with Gasteiger partial charge in [0.05, 0.1) is 12.6 Å². The minimum absolute atomic E-state index is 0.00691. The zero-order chi connectivity index (χ0) is 11.8. The van der Waals surface area contributed by atoms with Gasteiger partial charge in [-0.15, -0.1) is 11.3 Å². The normalized spacial score (nSPS) is 32.2. The molecule has 0 radical (unpaired) electrons. The smallest absolute Gasteiger partial charge is 0.240 e. The van der Waals surface area contributed by atoms with Crippen molar-refractivity contribution >= 4 is 17.2 Å². The fourth-order valence-electron chi connectivity index (χ4n) is 2.70. The van der Waals surface area contributed by atoms with Crippen LogP contribution in [-0.2, 0) is 11.3 Å². The lowest BCUT2D eigenvalue weighted by molar-refractivity contribution is -0.133. The summed E-state index contributed by atoms with van der Waals surface area (Å²) in [5.41, 5.74) is 0. The molecule has 3 unspecified atom stereocenters. The molecule has 1 aromatic rings. The van der Waals surface area contributed by atoms with Gasteiger partial charge in [0.1, 0.15) is 5.01 Å². The number of aromatic nitrogens is 1. The maximum Gasteiger partial charge on any atom is 0.240 e. The number of rotatable bonds is 3. The maximum absolute atomic E-state index is 12.3. The summed E-state index contributed by atoms with van der Waals surface area (Å²) in [5, 5.41) is 6.15. The average Bonchev–Trinajstić information content (AvgIpc) is 2.86. The van der Waals surface area contributed by atoms with Crippen molar-refractivity contribution in [3.05, 3.63) is 16.6 Å². The Morgan fingerprint density at radius 3 is 3.12 bits per heavy atom. The van der Waals surface area contributed by atoms with Gasteiger partial charge in [-0.05, 0) is 31.7 Å². The van der Waals surface area contributed by atoms with E-state index in [1.165, 1.54) is 6.42 Å². The summed E-state index contributed by atoms with van der Waals surface area (Å²) < 4.78 is 0. The minimum Gasteiger partial charge on any atom is -0.334 e. The average molecular weight is 251 g/mol. The van der Waals surface area contributed by atoms with Crippen molar-refractivity contribution < 1.29 is 4.79 Å². The van der Waals surface area contributed by atoms with Crippen LogP contribution in [0.25, 0.3) is 0 Å². The van der Waals surface area contributed by atoms with Crippen LogP contribution >= 0.6 is 11.3 Å². The summed E-state index contributed by atoms with van der Waals surface area (Å²) in [6.07, 6.45) is 4.10. The first-order valence-corrected chi connectivity index (χ1v) is 7.00. The highest BCUT2D eigenvalue weighted by Gasteiger charge is 2.45. The fourth-order valence-corrected chi connectivity index (χ4v) is 3.33. The molecular formula is C12H17N3OS. The number of carbonyl (C=O) groups is 1. The first-order valence-electron chi connectivity index (χ1n) is 6.12. The Balaban J connectivity index is 1.74. The number of hydrogen-bond acceptors (Lipinski definition) is 4. The van der Waals surface area contributed by atoms with E-state index in [1.54, 1.807) is 17.5 Å². The third-order valence-electron chi connectivity index (χ3n) is 3.83. The van der Waals surface area contributed by atoms with Crippen LogP contribution in [0.4, 0.5) is 0 Å². The van der Waals surface area contributed by atoms with Gasteiger partial charge in [-0.25, -0.2) is 4.98 Å². The molecule has 1 aliphatic heterocycles. The standard InChI is InChI=1S/C12H17N3OS/c1-13-10-5-8-4-9(8)6-15(12(10)16)7-11-14-2-3-17-11/h2-3,8-10,13H,4-7H2,1H3. The molecule has 0 bridgehead atoms. The second-order valence-corrected chi connectivity index (χ2v) is 5.96. The molecular weight excluding hydrogens is 234 g/mol. The summed E-state index contributed by atoms with van der Waals surface area (Å²) >= 11 is 1.62. The Morgan fingerprint density at radius 1 is 1.53 bits per heavy atom. The quantitative estimate of drug-likeness (QED) is 0.875. The van der Waals surface area contributed by atoms with Crippen molar-refractivity contribution in [3.8, 4) is 0 Å². The Bertz CT molecular complexity index is 406. The van der Waals surface area contributed by atoms with E-state index >= 15 is 0 Å². The van der Waals surface area contributed by atoms with Crippen LogP contribution < -0.4 is 5.32 Å². The van der Waals surface area contributed by atoms with Gasteiger partial charge in [0, 0.05) is 18.1 Å². The van der Waals surface area contributed by atoms with Gasteiger partial charge in [0.25, 0.3) is 0 Å². The number of likely N-dealkylation sites (tertiary alicyclic amines) is 1. The molecule has 1 saturated heterocycles. The molecule has 1 aliphatic carbocycles. The number of thiazole rings is 1. The van der Waals surface area contributed by atoms with Crippen molar-refractivity contribution in [2.24, 2.45) is 11.8 Å². The van der Waals surface area contributed by atoms with E-state index in [0.717, 1.165) is 29.8 Å². The predicted molar refractivity (Wildman–Crippen MR) is 66.6 cm³/mol. The van der Waals surface area contributed by atoms with Crippen LogP contribution in [0.5, 0.6) is 0 Å². The van der Waals surface area contributed by atoms with Gasteiger partial charge in [-0.3, -0.25) is 4.79 Å². The third-order valence-corrected chi connectivity index (χ3v) is 4.59. The van der Waals surface area contributed by atoms with E-state index in [-0.39, 0.29) is 11.9 Å². The summed E-state index contributed by atoms with van der Waals surface area (Å²) in [7, 11) is 1.88. The van der Waals surface area contributed by atoms with Gasteiger partial charge in [-0.2, -0.15) is 0 Å². The third kappa shape index (κ3) is 2.21. The molecule has 5 heteroatoms. The van der Waals surface area contributed by atoms with Crippen molar-refractivity contribution in [3.63, 3.8) is 0 Å². The molecule has 1 N–H and O–H groups in total. The molecule has 2 fully saturated rings. The highest BCUT2D eigenvalue weighted by atomic mass is 32.1. The highest BCUT2D eigenvalue weighted by Crippen LogP contribution is 2.44. The molecule has 3 rings (SSSR count). The first-order chi connectivity index (χ1) is 8.28. The molecule has 92 valence electrons. The Hall–Kier alpha value is -0.940. The molecule has 1 saturated carbocycles. The molecule has 2 heterocycles. The summed E-state index contributed by atoms with van der Waals surface area (Å²) in [4.78, 5) is 18.6. The summed E-state index contributed by atoms with van der Waals surface area (Å²) in [6, 6.07) is 0.00691. The van der Waals surface area contributed by atoms with Crippen LogP contribution in [0, 0.1) is 11.8 Å². The highest BCUT2D eigenvalue weighted by molar-refractivity contribution is 7.09. The maximum atomic E-state index is 12.3. The monoisotopic (exact) mass is 251 g/mol. The molecule has 4 nitrogen and oxygen atoms in total. The molecule has 0 spiro atoms. The number of nitrogens with zero attached hydrogens (tertiary/aromatic N) is 2. The predicted octanol–water partition coefficient (Wildman–Crippen LogP) is 1.10. The molecule has 3 atom stereocenters. The second-order valence-electron chi connectivity index (χ2n) is 4.98. The fraction of sp³-hybridized carbons (Fsp3) is 0.667. The van der Waals surface area contributed by atoms with Crippen molar-refractivity contribution in [1.82, 2.24) is 15.2 Å². The van der Waals surface area contributed by atoms with E-state index in [4.69, 9.17) is 0 Å². The van der Waals surface area contributed by atoms with E-state index in [2.05, 4.69) is 10.3 Å². The lowest BCUT2D eigenvalue weighted by atomic mass is 10.1. The lowest BCUT2D eigenvalue weighted by Gasteiger charge is -2.24. The summed E-state index contributed by atoms with van der Waals surface area (Å²) in [5.74, 6) is 1.74. The van der Waals surface area contributed by atoms with Crippen LogP contribution in [0.15, 0.2) is 11.6 Å². The minimum atomic E-state index is 0.00691. The molecule has 1 amide bonds. The van der Waals surface area contributed by atoms with Gasteiger partial charge in [0.15, 0.2) is 0 Å². The van der Waals surface area contributed by atoms with E-state index in [1.807, 2.05) is 17.3 Å². The second kappa shape index (κ2) is 4.38. The van der Waals surface area contributed by atoms with Gasteiger partial charge in [-0.1, -0.05) is 0 Å². The topological polar surface area (TPSA) is 45.2 Å². The number of carbonyl (C=O) groups excluding carboxylic acids is 1. The van der Waals surface area contributed by atoms with E-state index in [0.29, 0.717) is 6.54 Å². The van der Waals surface area contributed by atoms with Crippen molar-refractivity contribution in [2.75, 3.05) is 13.6 Å². The SMILES string of the molecule is CNC1CC2CC2CN(Cc2nccs2)C1=O. The van der Waals surface area contributed by atoms with Gasteiger partial charge >= 0.3 is 0 Å². The molecule has 2 aliphatic rings. The Kier molecular flexibility index (Phi) is 2.88. The number of amides is 1. The zero-order valence-corrected chi connectivity index (χ0v) is 10.7. The van der Waals surface area contributed by atoms with Gasteiger partial charge < -0.3 is 10.2 Å². The Morgan fingerprint density at radius 2 is 2.41 bits per heavy atom. The van der Waals surface area contributed by atoms with Gasteiger partial charge in [0.2, 0.25) is 5.91 Å². The van der Waals surface area contributed by atoms with Crippen LogP contribution in [0.3, 0.4) is 0 Å².